The van der Waals surface area contributed by atoms with E-state index >= 15 is 0 Å². The van der Waals surface area contributed by atoms with Gasteiger partial charge in [0.05, 0.1) is 24.4 Å². The second-order valence-corrected chi connectivity index (χ2v) is 9.90. The van der Waals surface area contributed by atoms with Crippen molar-refractivity contribution in [3.63, 3.8) is 0 Å². The van der Waals surface area contributed by atoms with E-state index in [1.165, 1.54) is 23.9 Å². The van der Waals surface area contributed by atoms with Crippen LogP contribution in [0.5, 0.6) is 5.75 Å². The summed E-state index contributed by atoms with van der Waals surface area (Å²) in [5.41, 5.74) is 1.64. The molecule has 6 nitrogen and oxygen atoms in total. The van der Waals surface area contributed by atoms with Crippen molar-refractivity contribution in [2.45, 2.75) is 37.0 Å². The molecular formula is C27H24ClF3N4O2S. The minimum Gasteiger partial charge on any atom is -0.497 e. The number of carbonyl (C=O) groups excluding carboxylic acids is 1. The first kappa shape index (κ1) is 27.5. The molecule has 0 aliphatic heterocycles. The number of hydrogen-bond acceptors (Lipinski definition) is 5. The van der Waals surface area contributed by atoms with Gasteiger partial charge in [0.2, 0.25) is 0 Å². The monoisotopic (exact) mass is 560 g/mol. The number of alkyl halides is 3. The zero-order valence-corrected chi connectivity index (χ0v) is 22.3. The van der Waals surface area contributed by atoms with Gasteiger partial charge >= 0.3 is 6.18 Å². The maximum absolute atomic E-state index is 13.1. The normalized spacial score (nSPS) is 12.3. The Hall–Kier alpha value is -3.50. The molecule has 1 unspecified atom stereocenters. The van der Waals surface area contributed by atoms with E-state index in [1.807, 2.05) is 41.8 Å². The summed E-state index contributed by atoms with van der Waals surface area (Å²) in [5, 5.41) is 12.5. The molecule has 0 radical (unpaired) electrons. The number of benzene rings is 3. The third-order valence-corrected chi connectivity index (χ3v) is 6.99. The van der Waals surface area contributed by atoms with Gasteiger partial charge in [0.15, 0.2) is 11.0 Å². The summed E-state index contributed by atoms with van der Waals surface area (Å²) in [6, 6.07) is 16.7. The molecule has 1 amide bonds. The Morgan fingerprint density at radius 3 is 2.61 bits per heavy atom. The fourth-order valence-corrected chi connectivity index (χ4v) is 4.86. The van der Waals surface area contributed by atoms with Gasteiger partial charge in [-0.2, -0.15) is 13.2 Å². The number of ether oxygens (including phenoxy) is 1. The molecule has 198 valence electrons. The summed E-state index contributed by atoms with van der Waals surface area (Å²) in [6.45, 7) is 3.61. The van der Waals surface area contributed by atoms with Crippen molar-refractivity contribution in [1.82, 2.24) is 20.1 Å². The summed E-state index contributed by atoms with van der Waals surface area (Å²) < 4.78 is 46.5. The maximum Gasteiger partial charge on any atom is 0.416 e. The average molecular weight is 561 g/mol. The molecule has 0 fully saturated rings. The van der Waals surface area contributed by atoms with Gasteiger partial charge < -0.3 is 10.1 Å². The topological polar surface area (TPSA) is 69.0 Å². The SMILES string of the molecule is COc1cccc(CSc2nnc(C(C)NC(=O)c3cccc(C(F)(F)F)c3)n2-c2cc(Cl)ccc2C)c1. The van der Waals surface area contributed by atoms with Gasteiger partial charge in [-0.05, 0) is 67.4 Å². The molecule has 1 atom stereocenters. The molecule has 0 aliphatic rings. The first-order valence-electron chi connectivity index (χ1n) is 11.5. The van der Waals surface area contributed by atoms with Crippen molar-refractivity contribution in [3.8, 4) is 11.4 Å². The van der Waals surface area contributed by atoms with Gasteiger partial charge in [-0.3, -0.25) is 9.36 Å². The molecule has 1 heterocycles. The lowest BCUT2D eigenvalue weighted by Gasteiger charge is -2.18. The number of methoxy groups -OCH3 is 1. The van der Waals surface area contributed by atoms with Crippen molar-refractivity contribution in [2.75, 3.05) is 7.11 Å². The number of carbonyl (C=O) groups is 1. The van der Waals surface area contributed by atoms with Crippen LogP contribution in [0.15, 0.2) is 71.9 Å². The highest BCUT2D eigenvalue weighted by atomic mass is 35.5. The fourth-order valence-electron chi connectivity index (χ4n) is 3.80. The number of thioether (sulfide) groups is 1. The number of aromatic nitrogens is 3. The Balaban J connectivity index is 1.65. The van der Waals surface area contributed by atoms with Crippen LogP contribution in [0.1, 0.15) is 45.8 Å². The van der Waals surface area contributed by atoms with Crippen LogP contribution in [0, 0.1) is 6.92 Å². The van der Waals surface area contributed by atoms with E-state index < -0.39 is 23.7 Å². The van der Waals surface area contributed by atoms with Crippen LogP contribution < -0.4 is 10.1 Å². The highest BCUT2D eigenvalue weighted by Crippen LogP contribution is 2.32. The first-order valence-corrected chi connectivity index (χ1v) is 12.9. The number of nitrogens with one attached hydrogen (secondary N) is 1. The van der Waals surface area contributed by atoms with Crippen molar-refractivity contribution < 1.29 is 22.7 Å². The molecule has 0 saturated carbocycles. The van der Waals surface area contributed by atoms with E-state index in [0.717, 1.165) is 34.7 Å². The lowest BCUT2D eigenvalue weighted by atomic mass is 10.1. The molecule has 4 rings (SSSR count). The van der Waals surface area contributed by atoms with Crippen LogP contribution in [0.4, 0.5) is 13.2 Å². The molecular weight excluding hydrogens is 537 g/mol. The Morgan fingerprint density at radius 2 is 1.87 bits per heavy atom. The van der Waals surface area contributed by atoms with Gasteiger partial charge in [-0.25, -0.2) is 0 Å². The Morgan fingerprint density at radius 1 is 1.11 bits per heavy atom. The molecule has 0 aliphatic carbocycles. The van der Waals surface area contributed by atoms with Gasteiger partial charge in [-0.15, -0.1) is 10.2 Å². The van der Waals surface area contributed by atoms with E-state index in [4.69, 9.17) is 16.3 Å². The molecule has 3 aromatic carbocycles. The molecule has 1 aromatic heterocycles. The van der Waals surface area contributed by atoms with Crippen LogP contribution >= 0.6 is 23.4 Å². The van der Waals surface area contributed by atoms with Gasteiger partial charge in [0.25, 0.3) is 5.91 Å². The fraction of sp³-hybridized carbons (Fsp3) is 0.222. The second-order valence-electron chi connectivity index (χ2n) is 8.52. The van der Waals surface area contributed by atoms with Crippen LogP contribution in [-0.2, 0) is 11.9 Å². The van der Waals surface area contributed by atoms with Crippen LogP contribution in [0.25, 0.3) is 5.69 Å². The number of rotatable bonds is 8. The first-order chi connectivity index (χ1) is 18.1. The highest BCUT2D eigenvalue weighted by Gasteiger charge is 2.31. The minimum absolute atomic E-state index is 0.107. The molecule has 0 saturated heterocycles. The molecule has 0 spiro atoms. The third-order valence-electron chi connectivity index (χ3n) is 5.76. The van der Waals surface area contributed by atoms with Crippen molar-refractivity contribution in [2.24, 2.45) is 0 Å². The largest absolute Gasteiger partial charge is 0.497 e. The quantitative estimate of drug-likeness (QED) is 0.234. The third kappa shape index (κ3) is 6.31. The summed E-state index contributed by atoms with van der Waals surface area (Å²) in [5.74, 6) is 1.05. The van der Waals surface area contributed by atoms with E-state index in [1.54, 1.807) is 26.2 Å². The van der Waals surface area contributed by atoms with E-state index in [9.17, 15) is 18.0 Å². The average Bonchev–Trinajstić information content (AvgIpc) is 3.32. The highest BCUT2D eigenvalue weighted by molar-refractivity contribution is 7.98. The van der Waals surface area contributed by atoms with Crippen molar-refractivity contribution in [3.05, 3.63) is 99.8 Å². The molecule has 38 heavy (non-hydrogen) atoms. The lowest BCUT2D eigenvalue weighted by molar-refractivity contribution is -0.137. The number of amides is 1. The number of halogens is 4. The van der Waals surface area contributed by atoms with E-state index in [-0.39, 0.29) is 5.56 Å². The summed E-state index contributed by atoms with van der Waals surface area (Å²) in [7, 11) is 1.60. The predicted molar refractivity (Wildman–Crippen MR) is 141 cm³/mol. The number of nitrogens with zero attached hydrogens (tertiary/aromatic N) is 3. The number of hydrogen-bond donors (Lipinski definition) is 1. The Bertz CT molecular complexity index is 1460. The summed E-state index contributed by atoms with van der Waals surface area (Å²) >= 11 is 7.74. The smallest absolute Gasteiger partial charge is 0.416 e. The standard InChI is InChI=1S/C27H24ClF3N4O2S/c1-16-10-11-21(28)14-23(16)35-24(33-34-26(35)38-15-18-6-4-9-22(12-18)37-3)17(2)32-25(36)19-7-5-8-20(13-19)27(29,30)31/h4-14,17H,15H2,1-3H3,(H,32,36). The van der Waals surface area contributed by atoms with Gasteiger partial charge in [0, 0.05) is 16.3 Å². The Kier molecular flexibility index (Phi) is 8.32. The molecule has 4 aromatic rings. The zero-order valence-electron chi connectivity index (χ0n) is 20.7. The Labute approximate surface area is 227 Å². The molecule has 0 bridgehead atoms. The maximum atomic E-state index is 13.1. The summed E-state index contributed by atoms with van der Waals surface area (Å²) in [6.07, 6.45) is -4.55. The summed E-state index contributed by atoms with van der Waals surface area (Å²) in [4.78, 5) is 12.9. The van der Waals surface area contributed by atoms with Gasteiger partial charge in [0.1, 0.15) is 5.75 Å². The molecule has 11 heteroatoms. The van der Waals surface area contributed by atoms with E-state index in [2.05, 4.69) is 15.5 Å². The van der Waals surface area contributed by atoms with Crippen LogP contribution in [-0.4, -0.2) is 27.8 Å². The van der Waals surface area contributed by atoms with Crippen LogP contribution in [0.2, 0.25) is 5.02 Å². The van der Waals surface area contributed by atoms with Crippen LogP contribution in [0.3, 0.4) is 0 Å². The predicted octanol–water partition coefficient (Wildman–Crippen LogP) is 7.04. The van der Waals surface area contributed by atoms with E-state index in [0.29, 0.717) is 21.8 Å². The number of aryl methyl sites for hydroxylation is 1. The minimum atomic E-state index is -4.55. The second kappa shape index (κ2) is 11.5. The van der Waals surface area contributed by atoms with Crippen molar-refractivity contribution in [1.29, 1.82) is 0 Å². The van der Waals surface area contributed by atoms with Gasteiger partial charge in [-0.1, -0.05) is 47.6 Å². The lowest BCUT2D eigenvalue weighted by Crippen LogP contribution is -2.29. The molecule has 1 N–H and O–H groups in total. The zero-order chi connectivity index (χ0) is 27.4. The van der Waals surface area contributed by atoms with Crippen molar-refractivity contribution >= 4 is 29.3 Å².